The molecule has 1 aliphatic carbocycles. The number of amides is 1. The van der Waals surface area contributed by atoms with Crippen LogP contribution in [-0.2, 0) is 10.2 Å². The first-order chi connectivity index (χ1) is 10.7. The molecule has 3 heteroatoms. The van der Waals surface area contributed by atoms with Gasteiger partial charge in [0.05, 0.1) is 12.0 Å². The second-order valence-electron chi connectivity index (χ2n) is 5.44. The molecule has 110 valence electrons. The van der Waals surface area contributed by atoms with Crippen molar-refractivity contribution in [3.63, 3.8) is 0 Å². The van der Waals surface area contributed by atoms with Crippen molar-refractivity contribution in [1.82, 2.24) is 5.32 Å². The van der Waals surface area contributed by atoms with Crippen molar-refractivity contribution in [3.8, 4) is 11.8 Å². The minimum absolute atomic E-state index is 0.0768. The van der Waals surface area contributed by atoms with E-state index in [0.717, 1.165) is 28.4 Å². The summed E-state index contributed by atoms with van der Waals surface area (Å²) in [6, 6.07) is 17.8. The topological polar surface area (TPSA) is 29.1 Å². The van der Waals surface area contributed by atoms with E-state index < -0.39 is 0 Å². The van der Waals surface area contributed by atoms with Gasteiger partial charge in [-0.2, -0.15) is 0 Å². The van der Waals surface area contributed by atoms with Crippen molar-refractivity contribution >= 4 is 21.8 Å². The maximum absolute atomic E-state index is 12.5. The molecule has 2 aromatic carbocycles. The Balaban J connectivity index is 1.62. The van der Waals surface area contributed by atoms with Gasteiger partial charge in [0.1, 0.15) is 0 Å². The zero-order valence-electron chi connectivity index (χ0n) is 12.1. The minimum atomic E-state index is -0.349. The van der Waals surface area contributed by atoms with Crippen molar-refractivity contribution in [2.45, 2.75) is 18.3 Å². The second kappa shape index (κ2) is 6.37. The van der Waals surface area contributed by atoms with Crippen molar-refractivity contribution in [2.24, 2.45) is 0 Å². The summed E-state index contributed by atoms with van der Waals surface area (Å²) in [6.45, 7) is 0.378. The summed E-state index contributed by atoms with van der Waals surface area (Å²) in [4.78, 5) is 12.5. The minimum Gasteiger partial charge on any atom is -0.344 e. The van der Waals surface area contributed by atoms with Crippen LogP contribution < -0.4 is 5.32 Å². The van der Waals surface area contributed by atoms with E-state index in [1.54, 1.807) is 0 Å². The Kier molecular flexibility index (Phi) is 4.31. The lowest BCUT2D eigenvalue weighted by atomic mass is 9.95. The molecule has 2 aromatic rings. The zero-order valence-corrected chi connectivity index (χ0v) is 13.7. The summed E-state index contributed by atoms with van der Waals surface area (Å²) in [6.07, 6.45) is 1.81. The van der Waals surface area contributed by atoms with Gasteiger partial charge in [-0.25, -0.2) is 0 Å². The van der Waals surface area contributed by atoms with Crippen LogP contribution in [0.5, 0.6) is 0 Å². The number of rotatable bonds is 3. The predicted molar refractivity (Wildman–Crippen MR) is 91.4 cm³/mol. The van der Waals surface area contributed by atoms with E-state index in [1.807, 2.05) is 54.6 Å². The quantitative estimate of drug-likeness (QED) is 0.838. The largest absolute Gasteiger partial charge is 0.344 e. The number of nitrogens with one attached hydrogen (secondary N) is 1. The number of carbonyl (C=O) groups excluding carboxylic acids is 1. The monoisotopic (exact) mass is 353 g/mol. The number of hydrogen-bond acceptors (Lipinski definition) is 1. The summed E-state index contributed by atoms with van der Waals surface area (Å²) in [5.41, 5.74) is 1.69. The highest BCUT2D eigenvalue weighted by Gasteiger charge is 2.51. The van der Waals surface area contributed by atoms with Crippen molar-refractivity contribution < 1.29 is 4.79 Å². The Morgan fingerprint density at radius 1 is 1.14 bits per heavy atom. The molecule has 1 aliphatic rings. The Hall–Kier alpha value is -2.05. The van der Waals surface area contributed by atoms with E-state index in [0.29, 0.717) is 6.54 Å². The molecule has 22 heavy (non-hydrogen) atoms. The molecule has 0 heterocycles. The summed E-state index contributed by atoms with van der Waals surface area (Å²) in [7, 11) is 0. The normalized spacial score (nSPS) is 14.6. The Morgan fingerprint density at radius 2 is 1.91 bits per heavy atom. The van der Waals surface area contributed by atoms with Crippen LogP contribution in [0.3, 0.4) is 0 Å². The Labute approximate surface area is 139 Å². The molecule has 1 fully saturated rings. The Morgan fingerprint density at radius 3 is 2.59 bits per heavy atom. The molecule has 0 atom stereocenters. The molecule has 3 rings (SSSR count). The molecule has 0 radical (unpaired) electrons. The van der Waals surface area contributed by atoms with Gasteiger partial charge in [-0.05, 0) is 42.7 Å². The summed E-state index contributed by atoms with van der Waals surface area (Å²) in [5, 5.41) is 2.95. The summed E-state index contributed by atoms with van der Waals surface area (Å²) >= 11 is 3.47. The van der Waals surface area contributed by atoms with Gasteiger partial charge >= 0.3 is 0 Å². The number of hydrogen-bond donors (Lipinski definition) is 1. The summed E-state index contributed by atoms with van der Waals surface area (Å²) < 4.78 is 1.01. The standard InChI is InChI=1S/C19H16BrNO/c20-17-10-4-9-16(14-17)19(11-12-19)18(22)21-13-5-8-15-6-2-1-3-7-15/h1-4,6-7,9-10,14H,11-13H2,(H,21,22). The van der Waals surface area contributed by atoms with Gasteiger partial charge in [0, 0.05) is 10.0 Å². The Bertz CT molecular complexity index is 739. The number of carbonyl (C=O) groups is 1. The van der Waals surface area contributed by atoms with Crippen LogP contribution in [0, 0.1) is 11.8 Å². The maximum Gasteiger partial charge on any atom is 0.231 e. The molecule has 1 amide bonds. The molecular weight excluding hydrogens is 338 g/mol. The highest BCUT2D eigenvalue weighted by atomic mass is 79.9. The molecule has 0 saturated heterocycles. The molecule has 0 unspecified atom stereocenters. The van der Waals surface area contributed by atoms with Crippen LogP contribution in [0.15, 0.2) is 59.1 Å². The second-order valence-corrected chi connectivity index (χ2v) is 6.36. The molecule has 0 bridgehead atoms. The van der Waals surface area contributed by atoms with Crippen molar-refractivity contribution in [3.05, 3.63) is 70.2 Å². The van der Waals surface area contributed by atoms with Crippen LogP contribution in [-0.4, -0.2) is 12.5 Å². The van der Waals surface area contributed by atoms with Crippen LogP contribution in [0.4, 0.5) is 0 Å². The molecule has 2 nitrogen and oxygen atoms in total. The van der Waals surface area contributed by atoms with Crippen LogP contribution in [0.1, 0.15) is 24.0 Å². The van der Waals surface area contributed by atoms with E-state index in [2.05, 4.69) is 33.1 Å². The first-order valence-corrected chi connectivity index (χ1v) is 8.08. The smallest absolute Gasteiger partial charge is 0.231 e. The fourth-order valence-electron chi connectivity index (χ4n) is 2.52. The third-order valence-corrected chi connectivity index (χ3v) is 4.40. The fraction of sp³-hybridized carbons (Fsp3) is 0.211. The predicted octanol–water partition coefficient (Wildman–Crippen LogP) is 3.65. The summed E-state index contributed by atoms with van der Waals surface area (Å²) in [5.74, 6) is 6.13. The lowest BCUT2D eigenvalue weighted by molar-refractivity contribution is -0.123. The first-order valence-electron chi connectivity index (χ1n) is 7.29. The van der Waals surface area contributed by atoms with Gasteiger partial charge in [-0.3, -0.25) is 4.79 Å². The highest BCUT2D eigenvalue weighted by molar-refractivity contribution is 9.10. The van der Waals surface area contributed by atoms with Crippen LogP contribution in [0.25, 0.3) is 0 Å². The molecule has 0 aromatic heterocycles. The molecule has 1 N–H and O–H groups in total. The number of halogens is 1. The SMILES string of the molecule is O=C(NCC#Cc1ccccc1)C1(c2cccc(Br)c2)CC1. The molecule has 0 aliphatic heterocycles. The first kappa shape index (κ1) is 14.9. The van der Waals surface area contributed by atoms with Gasteiger partial charge < -0.3 is 5.32 Å². The molecule has 0 spiro atoms. The lowest BCUT2D eigenvalue weighted by Gasteiger charge is -2.14. The van der Waals surface area contributed by atoms with Gasteiger partial charge in [-0.1, -0.05) is 58.1 Å². The van der Waals surface area contributed by atoms with Crippen LogP contribution >= 0.6 is 15.9 Å². The van der Waals surface area contributed by atoms with Crippen molar-refractivity contribution in [2.75, 3.05) is 6.54 Å². The third kappa shape index (κ3) is 3.23. The van der Waals surface area contributed by atoms with E-state index in [-0.39, 0.29) is 11.3 Å². The van der Waals surface area contributed by atoms with E-state index in [4.69, 9.17) is 0 Å². The van der Waals surface area contributed by atoms with Gasteiger partial charge in [0.2, 0.25) is 5.91 Å². The van der Waals surface area contributed by atoms with Gasteiger partial charge in [-0.15, -0.1) is 0 Å². The zero-order chi connectivity index (χ0) is 15.4. The van der Waals surface area contributed by atoms with E-state index >= 15 is 0 Å². The van der Waals surface area contributed by atoms with Crippen molar-refractivity contribution in [1.29, 1.82) is 0 Å². The maximum atomic E-state index is 12.5. The van der Waals surface area contributed by atoms with Crippen LogP contribution in [0.2, 0.25) is 0 Å². The number of benzene rings is 2. The fourth-order valence-corrected chi connectivity index (χ4v) is 2.92. The van der Waals surface area contributed by atoms with E-state index in [1.165, 1.54) is 0 Å². The van der Waals surface area contributed by atoms with Gasteiger partial charge in [0.25, 0.3) is 0 Å². The lowest BCUT2D eigenvalue weighted by Crippen LogP contribution is -2.34. The average molecular weight is 354 g/mol. The van der Waals surface area contributed by atoms with E-state index in [9.17, 15) is 4.79 Å². The molecule has 1 saturated carbocycles. The average Bonchev–Trinajstić information content (AvgIpc) is 3.34. The molecular formula is C19H16BrNO. The highest BCUT2D eigenvalue weighted by Crippen LogP contribution is 2.48. The van der Waals surface area contributed by atoms with Gasteiger partial charge in [0.15, 0.2) is 0 Å². The third-order valence-electron chi connectivity index (χ3n) is 3.91.